The summed E-state index contributed by atoms with van der Waals surface area (Å²) in [6, 6.07) is 11.1. The lowest BCUT2D eigenvalue weighted by Crippen LogP contribution is -2.64. The van der Waals surface area contributed by atoms with Gasteiger partial charge in [-0.3, -0.25) is 14.5 Å². The largest absolute Gasteiger partial charge is 0.508 e. The van der Waals surface area contributed by atoms with Gasteiger partial charge in [-0.05, 0) is 50.5 Å². The number of carbonyl (C=O) groups is 1. The third-order valence-electron chi connectivity index (χ3n) is 6.23. The van der Waals surface area contributed by atoms with Crippen LogP contribution < -0.4 is 5.56 Å². The van der Waals surface area contributed by atoms with Gasteiger partial charge in [0.25, 0.3) is 11.5 Å². The van der Waals surface area contributed by atoms with Gasteiger partial charge in [0.1, 0.15) is 11.4 Å². The van der Waals surface area contributed by atoms with Crippen LogP contribution in [0.25, 0.3) is 0 Å². The molecule has 2 N–H and O–H groups in total. The summed E-state index contributed by atoms with van der Waals surface area (Å²) in [6.07, 6.45) is 1.85. The maximum absolute atomic E-state index is 12.7. The second-order valence-electron chi connectivity index (χ2n) is 8.22. The summed E-state index contributed by atoms with van der Waals surface area (Å²) >= 11 is 0. The number of benzene rings is 1. The van der Waals surface area contributed by atoms with Gasteiger partial charge < -0.3 is 10.0 Å². The number of nitrogens with one attached hydrogen (secondary N) is 1. The third kappa shape index (κ3) is 3.20. The van der Waals surface area contributed by atoms with Crippen molar-refractivity contribution in [1.29, 1.82) is 0 Å². The van der Waals surface area contributed by atoms with Gasteiger partial charge in [-0.15, -0.1) is 0 Å². The molecule has 1 amide bonds. The van der Waals surface area contributed by atoms with E-state index in [1.807, 2.05) is 17.0 Å². The Morgan fingerprint density at radius 3 is 2.43 bits per heavy atom. The molecule has 1 spiro atoms. The average Bonchev–Trinajstić information content (AvgIpc) is 2.68. The summed E-state index contributed by atoms with van der Waals surface area (Å²) in [7, 11) is 0. The van der Waals surface area contributed by atoms with E-state index in [-0.39, 0.29) is 28.3 Å². The monoisotopic (exact) mass is 382 g/mol. The summed E-state index contributed by atoms with van der Waals surface area (Å²) in [6.45, 7) is 6.80. The van der Waals surface area contributed by atoms with Crippen LogP contribution >= 0.6 is 0 Å². The molecule has 2 fully saturated rings. The molecule has 1 aromatic carbocycles. The van der Waals surface area contributed by atoms with Crippen molar-refractivity contribution < 1.29 is 9.90 Å². The second kappa shape index (κ2) is 7.05. The number of phenolic OH excluding ortho intramolecular Hbond substituents is 1. The zero-order chi connectivity index (χ0) is 19.9. The van der Waals surface area contributed by atoms with Crippen molar-refractivity contribution in [3.8, 4) is 5.75 Å². The van der Waals surface area contributed by atoms with Crippen LogP contribution in [0.4, 0.5) is 0 Å². The zero-order valence-electron chi connectivity index (χ0n) is 16.3. The van der Waals surface area contributed by atoms with Crippen LogP contribution in [0.5, 0.6) is 5.75 Å². The van der Waals surface area contributed by atoms with Crippen LogP contribution in [-0.2, 0) is 0 Å². The van der Waals surface area contributed by atoms with E-state index in [2.05, 4.69) is 28.9 Å². The van der Waals surface area contributed by atoms with Gasteiger partial charge >= 0.3 is 0 Å². The van der Waals surface area contributed by atoms with Gasteiger partial charge in [0.05, 0.1) is 0 Å². The second-order valence-corrected chi connectivity index (χ2v) is 8.22. The lowest BCUT2D eigenvalue weighted by Gasteiger charge is -2.62. The topological polar surface area (TPSA) is 89.5 Å². The Labute approximate surface area is 164 Å². The predicted octanol–water partition coefficient (Wildman–Crippen LogP) is 2.16. The SMILES string of the molecule is CC(C)N1CC2(CCN(C(=O)c3ccc(=O)[nH]n3)CC2)C1c1ccc(O)cc1. The molecule has 1 atom stereocenters. The summed E-state index contributed by atoms with van der Waals surface area (Å²) in [5, 5.41) is 15.8. The van der Waals surface area contributed by atoms with E-state index >= 15 is 0 Å². The first-order valence-corrected chi connectivity index (χ1v) is 9.79. The van der Waals surface area contributed by atoms with Crippen molar-refractivity contribution in [3.05, 3.63) is 58.0 Å². The maximum Gasteiger partial charge on any atom is 0.274 e. The van der Waals surface area contributed by atoms with Crippen molar-refractivity contribution in [3.63, 3.8) is 0 Å². The van der Waals surface area contributed by atoms with E-state index in [1.54, 1.807) is 12.1 Å². The number of hydrogen-bond acceptors (Lipinski definition) is 5. The fraction of sp³-hybridized carbons (Fsp3) is 0.476. The minimum absolute atomic E-state index is 0.132. The Balaban J connectivity index is 1.50. The number of aromatic nitrogens is 2. The highest BCUT2D eigenvalue weighted by Gasteiger charge is 2.54. The van der Waals surface area contributed by atoms with Crippen LogP contribution in [0.15, 0.2) is 41.2 Å². The molecule has 1 aromatic heterocycles. The smallest absolute Gasteiger partial charge is 0.274 e. The fourth-order valence-electron chi connectivity index (χ4n) is 4.68. The highest BCUT2D eigenvalue weighted by atomic mass is 16.3. The Morgan fingerprint density at radius 1 is 1.18 bits per heavy atom. The minimum Gasteiger partial charge on any atom is -0.508 e. The molecular weight excluding hydrogens is 356 g/mol. The van der Waals surface area contributed by atoms with Gasteiger partial charge in [-0.2, -0.15) is 5.10 Å². The summed E-state index contributed by atoms with van der Waals surface area (Å²) in [5.41, 5.74) is 1.34. The van der Waals surface area contributed by atoms with E-state index in [1.165, 1.54) is 17.7 Å². The zero-order valence-corrected chi connectivity index (χ0v) is 16.3. The normalized spacial score (nSPS) is 21.7. The molecule has 0 aliphatic carbocycles. The molecule has 2 aliphatic rings. The van der Waals surface area contributed by atoms with Crippen molar-refractivity contribution in [2.45, 2.75) is 38.8 Å². The predicted molar refractivity (Wildman–Crippen MR) is 105 cm³/mol. The van der Waals surface area contributed by atoms with Gasteiger partial charge in [0, 0.05) is 43.2 Å². The van der Waals surface area contributed by atoms with E-state index < -0.39 is 0 Å². The maximum atomic E-state index is 12.7. The van der Waals surface area contributed by atoms with E-state index in [0.717, 1.165) is 19.4 Å². The molecule has 2 saturated heterocycles. The van der Waals surface area contributed by atoms with Crippen molar-refractivity contribution in [2.24, 2.45) is 5.41 Å². The number of nitrogens with zero attached hydrogens (tertiary/aromatic N) is 3. The van der Waals surface area contributed by atoms with Crippen molar-refractivity contribution >= 4 is 5.91 Å². The molecule has 28 heavy (non-hydrogen) atoms. The first-order valence-electron chi connectivity index (χ1n) is 9.79. The first-order chi connectivity index (χ1) is 13.4. The van der Waals surface area contributed by atoms with Crippen LogP contribution in [0.2, 0.25) is 0 Å². The van der Waals surface area contributed by atoms with E-state index in [9.17, 15) is 14.7 Å². The molecule has 0 bridgehead atoms. The van der Waals surface area contributed by atoms with E-state index in [4.69, 9.17) is 0 Å². The molecule has 7 nitrogen and oxygen atoms in total. The molecule has 0 saturated carbocycles. The average molecular weight is 382 g/mol. The lowest BCUT2D eigenvalue weighted by molar-refractivity contribution is -0.124. The number of likely N-dealkylation sites (tertiary alicyclic amines) is 2. The Morgan fingerprint density at radius 2 is 1.86 bits per heavy atom. The quantitative estimate of drug-likeness (QED) is 0.849. The molecule has 3 heterocycles. The number of aromatic amines is 1. The molecule has 0 radical (unpaired) electrons. The first kappa shape index (κ1) is 18.7. The molecule has 1 unspecified atom stereocenters. The van der Waals surface area contributed by atoms with Crippen molar-refractivity contribution in [2.75, 3.05) is 19.6 Å². The summed E-state index contributed by atoms with van der Waals surface area (Å²) < 4.78 is 0. The number of aromatic hydroxyl groups is 1. The molecule has 2 aromatic rings. The number of hydrogen-bond donors (Lipinski definition) is 2. The van der Waals surface area contributed by atoms with Gasteiger partial charge in [-0.1, -0.05) is 12.1 Å². The van der Waals surface area contributed by atoms with Crippen molar-refractivity contribution in [1.82, 2.24) is 20.0 Å². The highest BCUT2D eigenvalue weighted by Crippen LogP contribution is 2.55. The molecule has 4 rings (SSSR count). The fourth-order valence-corrected chi connectivity index (χ4v) is 4.68. The number of carbonyl (C=O) groups excluding carboxylic acids is 1. The Kier molecular flexibility index (Phi) is 4.71. The number of piperidine rings is 1. The Bertz CT molecular complexity index is 893. The van der Waals surface area contributed by atoms with Crippen LogP contribution in [-0.4, -0.2) is 56.7 Å². The van der Waals surface area contributed by atoms with Crippen LogP contribution in [0.3, 0.4) is 0 Å². The molecule has 2 aliphatic heterocycles. The summed E-state index contributed by atoms with van der Waals surface area (Å²) in [5.74, 6) is 0.148. The van der Waals surface area contributed by atoms with Gasteiger partial charge in [0.15, 0.2) is 0 Å². The molecule has 7 heteroatoms. The number of rotatable bonds is 3. The highest BCUT2D eigenvalue weighted by molar-refractivity contribution is 5.92. The van der Waals surface area contributed by atoms with E-state index in [0.29, 0.717) is 25.2 Å². The van der Waals surface area contributed by atoms with Gasteiger partial charge in [0.2, 0.25) is 0 Å². The van der Waals surface area contributed by atoms with Crippen LogP contribution in [0, 0.1) is 5.41 Å². The standard InChI is InChI=1S/C21H26N4O3/c1-14(2)25-13-21(19(25)15-3-5-16(26)6-4-15)9-11-24(12-10-21)20(28)17-7-8-18(27)23-22-17/h3-8,14,19,26H,9-13H2,1-2H3,(H,23,27). The third-order valence-corrected chi connectivity index (χ3v) is 6.23. The minimum atomic E-state index is -0.311. The Hall–Kier alpha value is -2.67. The molecular formula is C21H26N4O3. The molecule has 148 valence electrons. The van der Waals surface area contributed by atoms with Gasteiger partial charge in [-0.25, -0.2) is 5.10 Å². The number of phenols is 1. The summed E-state index contributed by atoms with van der Waals surface area (Å²) in [4.78, 5) is 28.2. The van der Waals surface area contributed by atoms with Crippen LogP contribution in [0.1, 0.15) is 48.8 Å². The number of H-pyrrole nitrogens is 1. The lowest BCUT2D eigenvalue weighted by atomic mass is 9.62. The number of amides is 1.